The molecule has 3 rings (SSSR count). The molecule has 1 saturated heterocycles. The van der Waals surface area contributed by atoms with Crippen LogP contribution in [0, 0.1) is 0 Å². The number of thiophene rings is 1. The van der Waals surface area contributed by atoms with Crippen molar-refractivity contribution in [3.63, 3.8) is 0 Å². The third kappa shape index (κ3) is 4.79. The highest BCUT2D eigenvalue weighted by Crippen LogP contribution is 2.23. The standard InChI is InChI=1S/C17H21BrN4O3S/c1-25-11-10-22-16(23)5-3-14(19-22)17(24)21-8-6-20(7-9-21)12-13-2-4-15(18)26-13/h2-5H,6-12H2,1H3. The van der Waals surface area contributed by atoms with Crippen LogP contribution in [0.25, 0.3) is 0 Å². The van der Waals surface area contributed by atoms with Gasteiger partial charge in [0.05, 0.1) is 16.9 Å². The van der Waals surface area contributed by atoms with Crippen molar-refractivity contribution >= 4 is 33.2 Å². The van der Waals surface area contributed by atoms with Gasteiger partial charge >= 0.3 is 0 Å². The highest BCUT2D eigenvalue weighted by atomic mass is 79.9. The maximum absolute atomic E-state index is 12.7. The fraction of sp³-hybridized carbons (Fsp3) is 0.471. The number of methoxy groups -OCH3 is 1. The number of hydrogen-bond acceptors (Lipinski definition) is 6. The van der Waals surface area contributed by atoms with Crippen LogP contribution >= 0.6 is 27.3 Å². The van der Waals surface area contributed by atoms with Crippen LogP contribution in [-0.4, -0.2) is 65.4 Å². The van der Waals surface area contributed by atoms with Crippen LogP contribution in [0.15, 0.2) is 32.8 Å². The van der Waals surface area contributed by atoms with Crippen molar-refractivity contribution in [1.29, 1.82) is 0 Å². The molecule has 2 aromatic rings. The molecule has 0 bridgehead atoms. The molecule has 1 aliphatic rings. The summed E-state index contributed by atoms with van der Waals surface area (Å²) in [7, 11) is 1.56. The van der Waals surface area contributed by atoms with Gasteiger partial charge in [0.15, 0.2) is 0 Å². The normalized spacial score (nSPS) is 15.4. The van der Waals surface area contributed by atoms with Crippen molar-refractivity contribution in [1.82, 2.24) is 19.6 Å². The van der Waals surface area contributed by atoms with Crippen molar-refractivity contribution in [3.05, 3.63) is 49.0 Å². The second kappa shape index (κ2) is 8.90. The predicted molar refractivity (Wildman–Crippen MR) is 104 cm³/mol. The summed E-state index contributed by atoms with van der Waals surface area (Å²) in [5, 5.41) is 4.19. The van der Waals surface area contributed by atoms with Gasteiger partial charge in [0.2, 0.25) is 0 Å². The minimum atomic E-state index is -0.231. The van der Waals surface area contributed by atoms with Gasteiger partial charge in [-0.2, -0.15) is 5.10 Å². The highest BCUT2D eigenvalue weighted by Gasteiger charge is 2.23. The summed E-state index contributed by atoms with van der Waals surface area (Å²) >= 11 is 5.22. The molecule has 0 saturated carbocycles. The number of amides is 1. The molecule has 0 aliphatic carbocycles. The predicted octanol–water partition coefficient (Wildman–Crippen LogP) is 1.67. The minimum absolute atomic E-state index is 0.130. The SMILES string of the molecule is COCCn1nc(C(=O)N2CCN(Cc3ccc(Br)s3)CC2)ccc1=O. The Bertz CT molecular complexity index is 814. The second-order valence-electron chi connectivity index (χ2n) is 6.05. The summed E-state index contributed by atoms with van der Waals surface area (Å²) in [5.41, 5.74) is 0.0712. The Morgan fingerprint density at radius 1 is 1.23 bits per heavy atom. The van der Waals surface area contributed by atoms with Crippen LogP contribution in [0.4, 0.5) is 0 Å². The fourth-order valence-electron chi connectivity index (χ4n) is 2.83. The van der Waals surface area contributed by atoms with Crippen molar-refractivity contribution in [3.8, 4) is 0 Å². The Labute approximate surface area is 164 Å². The monoisotopic (exact) mass is 440 g/mol. The Morgan fingerprint density at radius 2 is 2.00 bits per heavy atom. The van der Waals surface area contributed by atoms with E-state index in [1.165, 1.54) is 21.7 Å². The summed E-state index contributed by atoms with van der Waals surface area (Å²) in [6.07, 6.45) is 0. The number of carbonyl (C=O) groups is 1. The molecule has 7 nitrogen and oxygen atoms in total. The summed E-state index contributed by atoms with van der Waals surface area (Å²) in [4.78, 5) is 30.0. The van der Waals surface area contributed by atoms with Crippen molar-refractivity contribution in [2.24, 2.45) is 0 Å². The van der Waals surface area contributed by atoms with Crippen LogP contribution in [-0.2, 0) is 17.8 Å². The number of halogens is 1. The van der Waals surface area contributed by atoms with Crippen molar-refractivity contribution in [2.75, 3.05) is 39.9 Å². The third-order valence-electron chi connectivity index (χ3n) is 4.26. The quantitative estimate of drug-likeness (QED) is 0.683. The largest absolute Gasteiger partial charge is 0.383 e. The lowest BCUT2D eigenvalue weighted by Gasteiger charge is -2.34. The Morgan fingerprint density at radius 3 is 2.65 bits per heavy atom. The lowest BCUT2D eigenvalue weighted by molar-refractivity contribution is 0.0620. The number of aromatic nitrogens is 2. The average Bonchev–Trinajstić information content (AvgIpc) is 3.06. The van der Waals surface area contributed by atoms with E-state index in [2.05, 4.69) is 38.1 Å². The second-order valence-corrected chi connectivity index (χ2v) is 8.59. The van der Waals surface area contributed by atoms with Crippen LogP contribution in [0.2, 0.25) is 0 Å². The molecule has 9 heteroatoms. The van der Waals surface area contributed by atoms with E-state index in [1.54, 1.807) is 23.3 Å². The van der Waals surface area contributed by atoms with E-state index in [-0.39, 0.29) is 11.5 Å². The van der Waals surface area contributed by atoms with Gasteiger partial charge in [0.1, 0.15) is 5.69 Å². The number of nitrogens with zero attached hydrogens (tertiary/aromatic N) is 4. The number of rotatable bonds is 6. The van der Waals surface area contributed by atoms with E-state index < -0.39 is 0 Å². The molecule has 1 aliphatic heterocycles. The smallest absolute Gasteiger partial charge is 0.274 e. The molecule has 0 aromatic carbocycles. The summed E-state index contributed by atoms with van der Waals surface area (Å²) < 4.78 is 7.39. The first-order valence-corrected chi connectivity index (χ1v) is 10.0. The molecule has 3 heterocycles. The lowest BCUT2D eigenvalue weighted by atomic mass is 10.2. The van der Waals surface area contributed by atoms with Gasteiger partial charge < -0.3 is 9.64 Å². The van der Waals surface area contributed by atoms with Gasteiger partial charge in [-0.05, 0) is 34.1 Å². The van der Waals surface area contributed by atoms with Gasteiger partial charge in [-0.25, -0.2) is 4.68 Å². The van der Waals surface area contributed by atoms with Crippen LogP contribution in [0.3, 0.4) is 0 Å². The van der Waals surface area contributed by atoms with Gasteiger partial charge in [-0.3, -0.25) is 14.5 Å². The minimum Gasteiger partial charge on any atom is -0.383 e. The fourth-order valence-corrected chi connectivity index (χ4v) is 4.35. The van der Waals surface area contributed by atoms with Crippen LogP contribution in [0.5, 0.6) is 0 Å². The van der Waals surface area contributed by atoms with Gasteiger partial charge in [-0.1, -0.05) is 0 Å². The molecule has 140 valence electrons. The lowest BCUT2D eigenvalue weighted by Crippen LogP contribution is -2.48. The van der Waals surface area contributed by atoms with E-state index in [0.717, 1.165) is 23.4 Å². The van der Waals surface area contributed by atoms with E-state index in [9.17, 15) is 9.59 Å². The van der Waals surface area contributed by atoms with Crippen LogP contribution < -0.4 is 5.56 Å². The maximum Gasteiger partial charge on any atom is 0.274 e. The zero-order valence-electron chi connectivity index (χ0n) is 14.6. The molecule has 0 unspecified atom stereocenters. The average molecular weight is 441 g/mol. The summed E-state index contributed by atoms with van der Waals surface area (Å²) in [5.74, 6) is -0.130. The number of ether oxygens (including phenoxy) is 1. The van der Waals surface area contributed by atoms with Gasteiger partial charge in [-0.15, -0.1) is 11.3 Å². The number of carbonyl (C=O) groups excluding carboxylic acids is 1. The Kier molecular flexibility index (Phi) is 6.58. The number of hydrogen-bond donors (Lipinski definition) is 0. The van der Waals surface area contributed by atoms with E-state index in [0.29, 0.717) is 31.9 Å². The van der Waals surface area contributed by atoms with Gasteiger partial charge in [0, 0.05) is 50.8 Å². The number of piperazine rings is 1. The first-order chi connectivity index (χ1) is 12.6. The first kappa shape index (κ1) is 19.2. The zero-order chi connectivity index (χ0) is 18.5. The molecule has 0 radical (unpaired) electrons. The molecule has 26 heavy (non-hydrogen) atoms. The highest BCUT2D eigenvalue weighted by molar-refractivity contribution is 9.11. The van der Waals surface area contributed by atoms with E-state index >= 15 is 0 Å². The molecule has 0 N–H and O–H groups in total. The Balaban J connectivity index is 1.58. The van der Waals surface area contributed by atoms with Crippen molar-refractivity contribution < 1.29 is 9.53 Å². The molecule has 1 amide bonds. The van der Waals surface area contributed by atoms with E-state index in [1.807, 2.05) is 0 Å². The molecular weight excluding hydrogens is 420 g/mol. The summed E-state index contributed by atoms with van der Waals surface area (Å²) in [6, 6.07) is 7.08. The molecule has 1 fully saturated rings. The molecule has 0 spiro atoms. The first-order valence-electron chi connectivity index (χ1n) is 8.40. The van der Waals surface area contributed by atoms with Gasteiger partial charge in [0.25, 0.3) is 11.5 Å². The zero-order valence-corrected chi connectivity index (χ0v) is 17.0. The topological polar surface area (TPSA) is 67.7 Å². The van der Waals surface area contributed by atoms with E-state index in [4.69, 9.17) is 4.74 Å². The molecular formula is C17H21BrN4O3S. The molecule has 2 aromatic heterocycles. The summed E-state index contributed by atoms with van der Waals surface area (Å²) in [6.45, 7) is 4.57. The van der Waals surface area contributed by atoms with Crippen molar-refractivity contribution in [2.45, 2.75) is 13.1 Å². The molecule has 0 atom stereocenters. The van der Waals surface area contributed by atoms with Crippen LogP contribution in [0.1, 0.15) is 15.4 Å². The third-order valence-corrected chi connectivity index (χ3v) is 5.87. The maximum atomic E-state index is 12.7. The Hall–Kier alpha value is -1.55.